The molecule has 0 bridgehead atoms. The maximum Gasteiger partial charge on any atom is 0.306 e. The SMILES string of the molecule is CC/C=C\C/C=C\C/C=C\CCCCCCCCCC(=O)OC(COC(=O)CCCCCCCCCCCCC)COC(=O)CCCCCCCCCCCCCCCCCCCCCC. The minimum Gasteiger partial charge on any atom is -0.462 e. The van der Waals surface area contributed by atoms with Gasteiger partial charge in [-0.25, -0.2) is 0 Å². The molecule has 1 atom stereocenters. The van der Waals surface area contributed by atoms with E-state index in [1.165, 1.54) is 186 Å². The van der Waals surface area contributed by atoms with E-state index in [1.807, 2.05) is 0 Å². The lowest BCUT2D eigenvalue weighted by molar-refractivity contribution is -0.167. The number of carbonyl (C=O) groups excluding carboxylic acids is 3. The van der Waals surface area contributed by atoms with Crippen molar-refractivity contribution in [3.05, 3.63) is 36.5 Å². The standard InChI is InChI=1S/C60H110O6/c1-4-7-10-13-16-19-22-24-26-28-29-30-32-33-35-38-41-44-47-50-53-59(62)65-56-57(55-64-58(61)52-49-46-43-40-37-21-18-15-12-9-6-3)66-60(63)54-51-48-45-42-39-36-34-31-27-25-23-20-17-14-11-8-5-2/h8,11,17,20,25,27,57H,4-7,9-10,12-16,18-19,21-24,26,28-56H2,1-3H3/b11-8-,20-17-,27-25-. The molecule has 0 saturated heterocycles. The van der Waals surface area contributed by atoms with Crippen LogP contribution in [0.2, 0.25) is 0 Å². The van der Waals surface area contributed by atoms with Crippen molar-refractivity contribution in [2.75, 3.05) is 13.2 Å². The smallest absolute Gasteiger partial charge is 0.306 e. The van der Waals surface area contributed by atoms with E-state index in [1.54, 1.807) is 0 Å². The molecule has 0 N–H and O–H groups in total. The normalized spacial score (nSPS) is 12.2. The Balaban J connectivity index is 4.28. The molecule has 0 fully saturated rings. The molecule has 0 saturated carbocycles. The highest BCUT2D eigenvalue weighted by atomic mass is 16.6. The summed E-state index contributed by atoms with van der Waals surface area (Å²) >= 11 is 0. The van der Waals surface area contributed by atoms with E-state index in [0.717, 1.165) is 83.5 Å². The molecule has 0 aliphatic rings. The van der Waals surface area contributed by atoms with E-state index < -0.39 is 6.10 Å². The van der Waals surface area contributed by atoms with Crippen LogP contribution in [0.25, 0.3) is 0 Å². The summed E-state index contributed by atoms with van der Waals surface area (Å²) in [6.45, 7) is 6.56. The van der Waals surface area contributed by atoms with Crippen molar-refractivity contribution in [2.24, 2.45) is 0 Å². The lowest BCUT2D eigenvalue weighted by atomic mass is 10.0. The fourth-order valence-corrected chi connectivity index (χ4v) is 8.58. The molecule has 0 aromatic heterocycles. The highest BCUT2D eigenvalue weighted by molar-refractivity contribution is 5.71. The minimum atomic E-state index is -0.773. The van der Waals surface area contributed by atoms with Crippen LogP contribution in [0, 0.1) is 0 Å². The maximum atomic E-state index is 12.8. The van der Waals surface area contributed by atoms with Gasteiger partial charge in [0, 0.05) is 19.3 Å². The van der Waals surface area contributed by atoms with Crippen molar-refractivity contribution in [3.8, 4) is 0 Å². The number of hydrogen-bond donors (Lipinski definition) is 0. The number of ether oxygens (including phenoxy) is 3. The summed E-state index contributed by atoms with van der Waals surface area (Å²) in [4.78, 5) is 38.1. The van der Waals surface area contributed by atoms with Crippen molar-refractivity contribution >= 4 is 17.9 Å². The lowest BCUT2D eigenvalue weighted by Gasteiger charge is -2.18. The summed E-state index contributed by atoms with van der Waals surface area (Å²) in [6.07, 6.45) is 65.7. The van der Waals surface area contributed by atoms with Crippen LogP contribution >= 0.6 is 0 Å². The van der Waals surface area contributed by atoms with Crippen LogP contribution in [0.15, 0.2) is 36.5 Å². The Morgan fingerprint density at radius 1 is 0.318 bits per heavy atom. The van der Waals surface area contributed by atoms with Gasteiger partial charge in [0.25, 0.3) is 0 Å². The van der Waals surface area contributed by atoms with Crippen LogP contribution in [0.5, 0.6) is 0 Å². The van der Waals surface area contributed by atoms with E-state index in [-0.39, 0.29) is 31.1 Å². The van der Waals surface area contributed by atoms with Crippen molar-refractivity contribution in [1.82, 2.24) is 0 Å². The number of hydrogen-bond acceptors (Lipinski definition) is 6. The molecule has 0 amide bonds. The third-order valence-corrected chi connectivity index (χ3v) is 12.9. The van der Waals surface area contributed by atoms with Crippen molar-refractivity contribution in [3.63, 3.8) is 0 Å². The monoisotopic (exact) mass is 927 g/mol. The first-order chi connectivity index (χ1) is 32.5. The Kier molecular flexibility index (Phi) is 53.2. The number of rotatable bonds is 53. The molecule has 0 spiro atoms. The van der Waals surface area contributed by atoms with Crippen LogP contribution < -0.4 is 0 Å². The van der Waals surface area contributed by atoms with Gasteiger partial charge in [0.2, 0.25) is 0 Å². The third-order valence-electron chi connectivity index (χ3n) is 12.9. The van der Waals surface area contributed by atoms with Gasteiger partial charge in [-0.1, -0.05) is 276 Å². The minimum absolute atomic E-state index is 0.0714. The van der Waals surface area contributed by atoms with Crippen LogP contribution in [-0.2, 0) is 28.6 Å². The Morgan fingerprint density at radius 2 is 0.591 bits per heavy atom. The molecule has 0 aliphatic heterocycles. The summed E-state index contributed by atoms with van der Waals surface area (Å²) in [6, 6.07) is 0. The second kappa shape index (κ2) is 55.2. The molecular weight excluding hydrogens is 817 g/mol. The van der Waals surface area contributed by atoms with Gasteiger partial charge in [-0.15, -0.1) is 0 Å². The van der Waals surface area contributed by atoms with Crippen LogP contribution in [0.4, 0.5) is 0 Å². The highest BCUT2D eigenvalue weighted by Gasteiger charge is 2.19. The van der Waals surface area contributed by atoms with E-state index >= 15 is 0 Å². The molecule has 1 unspecified atom stereocenters. The third kappa shape index (κ3) is 52.6. The van der Waals surface area contributed by atoms with E-state index in [9.17, 15) is 14.4 Å². The van der Waals surface area contributed by atoms with Gasteiger partial charge in [0.1, 0.15) is 13.2 Å². The predicted molar refractivity (Wildman–Crippen MR) is 284 cm³/mol. The fourth-order valence-electron chi connectivity index (χ4n) is 8.58. The first-order valence-electron chi connectivity index (χ1n) is 29.0. The Labute approximate surface area is 410 Å². The second-order valence-corrected chi connectivity index (χ2v) is 19.5. The molecule has 6 nitrogen and oxygen atoms in total. The zero-order valence-corrected chi connectivity index (χ0v) is 44.2. The first kappa shape index (κ1) is 63.6. The summed E-state index contributed by atoms with van der Waals surface area (Å²) < 4.78 is 16.9. The quantitative estimate of drug-likeness (QED) is 0.0262. The first-order valence-corrected chi connectivity index (χ1v) is 29.0. The highest BCUT2D eigenvalue weighted by Crippen LogP contribution is 2.17. The number of esters is 3. The van der Waals surface area contributed by atoms with Crippen LogP contribution in [-0.4, -0.2) is 37.2 Å². The van der Waals surface area contributed by atoms with Gasteiger partial charge in [0.05, 0.1) is 0 Å². The lowest BCUT2D eigenvalue weighted by Crippen LogP contribution is -2.30. The molecule has 0 aliphatic carbocycles. The summed E-state index contributed by atoms with van der Waals surface area (Å²) in [5.74, 6) is -0.864. The van der Waals surface area contributed by atoms with Gasteiger partial charge < -0.3 is 14.2 Å². The molecule has 386 valence electrons. The number of carbonyl (C=O) groups is 3. The average molecular weight is 928 g/mol. The predicted octanol–water partition coefficient (Wildman–Crippen LogP) is 19.3. The molecule has 0 radical (unpaired) electrons. The van der Waals surface area contributed by atoms with Gasteiger partial charge in [-0.2, -0.15) is 0 Å². The largest absolute Gasteiger partial charge is 0.462 e. The van der Waals surface area contributed by atoms with Crippen molar-refractivity contribution in [2.45, 2.75) is 316 Å². The van der Waals surface area contributed by atoms with Crippen molar-refractivity contribution in [1.29, 1.82) is 0 Å². The molecular formula is C60H110O6. The van der Waals surface area contributed by atoms with Gasteiger partial charge in [-0.3, -0.25) is 14.4 Å². The molecule has 66 heavy (non-hydrogen) atoms. The summed E-state index contributed by atoms with van der Waals surface area (Å²) in [7, 11) is 0. The zero-order valence-electron chi connectivity index (χ0n) is 44.2. The van der Waals surface area contributed by atoms with E-state index in [4.69, 9.17) is 14.2 Å². The molecule has 0 rings (SSSR count). The zero-order chi connectivity index (χ0) is 47.9. The summed E-state index contributed by atoms with van der Waals surface area (Å²) in [5, 5.41) is 0. The van der Waals surface area contributed by atoms with Crippen molar-refractivity contribution < 1.29 is 28.6 Å². The van der Waals surface area contributed by atoms with Gasteiger partial charge in [0.15, 0.2) is 6.10 Å². The van der Waals surface area contributed by atoms with Crippen LogP contribution in [0.1, 0.15) is 310 Å². The maximum absolute atomic E-state index is 12.8. The average Bonchev–Trinajstić information content (AvgIpc) is 3.31. The summed E-state index contributed by atoms with van der Waals surface area (Å²) in [5.41, 5.74) is 0. The number of allylic oxidation sites excluding steroid dienone is 6. The molecule has 0 aromatic rings. The molecule has 6 heteroatoms. The van der Waals surface area contributed by atoms with Crippen LogP contribution in [0.3, 0.4) is 0 Å². The van der Waals surface area contributed by atoms with E-state index in [0.29, 0.717) is 19.3 Å². The molecule has 0 heterocycles. The number of unbranched alkanes of at least 4 members (excludes halogenated alkanes) is 36. The van der Waals surface area contributed by atoms with Gasteiger partial charge in [-0.05, 0) is 51.4 Å². The molecule has 0 aromatic carbocycles. The Bertz CT molecular complexity index is 1110. The van der Waals surface area contributed by atoms with Gasteiger partial charge >= 0.3 is 17.9 Å². The fraction of sp³-hybridized carbons (Fsp3) is 0.850. The Hall–Kier alpha value is -2.37. The second-order valence-electron chi connectivity index (χ2n) is 19.5. The Morgan fingerprint density at radius 3 is 0.924 bits per heavy atom. The topological polar surface area (TPSA) is 78.9 Å². The van der Waals surface area contributed by atoms with E-state index in [2.05, 4.69) is 57.2 Å².